The Morgan fingerprint density at radius 2 is 1.86 bits per heavy atom. The van der Waals surface area contributed by atoms with E-state index in [4.69, 9.17) is 5.11 Å². The van der Waals surface area contributed by atoms with Gasteiger partial charge in [-0.2, -0.15) is 0 Å². The Morgan fingerprint density at radius 3 is 2.45 bits per heavy atom. The summed E-state index contributed by atoms with van der Waals surface area (Å²) >= 11 is 0. The van der Waals surface area contributed by atoms with Crippen molar-refractivity contribution in [2.24, 2.45) is 0 Å². The Bertz CT molecular complexity index is 458. The number of carbonyl (C=O) groups is 1. The number of nitrogens with zero attached hydrogens (tertiary/aromatic N) is 2. The molecule has 5 nitrogen and oxygen atoms in total. The third-order valence-corrected chi connectivity index (χ3v) is 4.22. The van der Waals surface area contributed by atoms with Crippen molar-refractivity contribution in [3.8, 4) is 0 Å². The van der Waals surface area contributed by atoms with Gasteiger partial charge in [0, 0.05) is 38.8 Å². The molecule has 1 fully saturated rings. The van der Waals surface area contributed by atoms with E-state index in [0.29, 0.717) is 6.42 Å². The number of hydrogen-bond acceptors (Lipinski definition) is 4. The van der Waals surface area contributed by atoms with Gasteiger partial charge in [-0.15, -0.1) is 0 Å². The zero-order valence-corrected chi connectivity index (χ0v) is 13.5. The molecule has 0 radical (unpaired) electrons. The molecule has 5 heteroatoms. The van der Waals surface area contributed by atoms with Gasteiger partial charge < -0.3 is 15.3 Å². The van der Waals surface area contributed by atoms with Crippen molar-refractivity contribution in [3.05, 3.63) is 35.9 Å². The summed E-state index contributed by atoms with van der Waals surface area (Å²) in [6.07, 6.45) is 0.579. The number of rotatable bonds is 6. The Kier molecular flexibility index (Phi) is 6.36. The third-order valence-electron chi connectivity index (χ3n) is 4.22. The second-order valence-electron chi connectivity index (χ2n) is 6.07. The average Bonchev–Trinajstić information content (AvgIpc) is 2.51. The molecule has 1 aliphatic rings. The Labute approximate surface area is 132 Å². The molecular weight excluding hydrogens is 278 g/mol. The molecule has 1 aromatic rings. The maximum absolute atomic E-state index is 12.8. The topological polar surface area (TPSA) is 55.8 Å². The van der Waals surface area contributed by atoms with Crippen LogP contribution < -0.4 is 5.32 Å². The molecule has 0 aliphatic carbocycles. The molecule has 0 bridgehead atoms. The number of carbonyl (C=O) groups excluding carboxylic acids is 1. The van der Waals surface area contributed by atoms with Crippen molar-refractivity contribution in [3.63, 3.8) is 0 Å². The zero-order valence-electron chi connectivity index (χ0n) is 13.5. The van der Waals surface area contributed by atoms with Crippen LogP contribution in [0.5, 0.6) is 0 Å². The summed E-state index contributed by atoms with van der Waals surface area (Å²) in [7, 11) is 2.11. The van der Waals surface area contributed by atoms with Crippen LogP contribution >= 0.6 is 0 Å². The molecule has 0 spiro atoms. The molecule has 1 aromatic carbocycles. The minimum absolute atomic E-state index is 0.0174. The van der Waals surface area contributed by atoms with E-state index in [9.17, 15) is 4.79 Å². The van der Waals surface area contributed by atoms with Crippen molar-refractivity contribution in [2.75, 3.05) is 39.8 Å². The van der Waals surface area contributed by atoms with E-state index in [2.05, 4.69) is 22.2 Å². The van der Waals surface area contributed by atoms with Crippen molar-refractivity contribution >= 4 is 5.91 Å². The second-order valence-corrected chi connectivity index (χ2v) is 6.07. The van der Waals surface area contributed by atoms with E-state index < -0.39 is 0 Å². The van der Waals surface area contributed by atoms with Gasteiger partial charge in [0.2, 0.25) is 5.91 Å². The van der Waals surface area contributed by atoms with Crippen LogP contribution in [0.15, 0.2) is 30.3 Å². The predicted molar refractivity (Wildman–Crippen MR) is 87.6 cm³/mol. The van der Waals surface area contributed by atoms with Crippen molar-refractivity contribution in [1.82, 2.24) is 15.1 Å². The third kappa shape index (κ3) is 4.53. The molecule has 1 aliphatic heterocycles. The minimum atomic E-state index is -0.254. The van der Waals surface area contributed by atoms with E-state index in [1.54, 1.807) is 0 Å². The number of aliphatic hydroxyl groups excluding tert-OH is 1. The summed E-state index contributed by atoms with van der Waals surface area (Å²) in [5.41, 5.74) is 1.03. The van der Waals surface area contributed by atoms with Gasteiger partial charge in [-0.1, -0.05) is 30.3 Å². The summed E-state index contributed by atoms with van der Waals surface area (Å²) in [6.45, 7) is 5.74. The van der Waals surface area contributed by atoms with E-state index in [0.717, 1.165) is 31.7 Å². The first-order valence-electron chi connectivity index (χ1n) is 8.00. The van der Waals surface area contributed by atoms with Crippen LogP contribution in [0.2, 0.25) is 0 Å². The fraction of sp³-hybridized carbons (Fsp3) is 0.588. The lowest BCUT2D eigenvalue weighted by atomic mass is 10.0. The number of aliphatic hydroxyl groups is 1. The number of likely N-dealkylation sites (N-methyl/N-ethyl adjacent to an activating group) is 1. The highest BCUT2D eigenvalue weighted by Gasteiger charge is 2.30. The molecule has 2 N–H and O–H groups in total. The maximum atomic E-state index is 12.8. The van der Waals surface area contributed by atoms with Crippen LogP contribution in [-0.4, -0.2) is 66.7 Å². The number of hydrogen-bond donors (Lipinski definition) is 2. The van der Waals surface area contributed by atoms with Crippen LogP contribution in [0.3, 0.4) is 0 Å². The molecule has 22 heavy (non-hydrogen) atoms. The zero-order chi connectivity index (χ0) is 15.9. The first-order chi connectivity index (χ1) is 10.6. The molecule has 1 heterocycles. The molecule has 2 rings (SSSR count). The van der Waals surface area contributed by atoms with Gasteiger partial charge in [-0.3, -0.25) is 9.69 Å². The lowest BCUT2D eigenvalue weighted by molar-refractivity contribution is -0.128. The van der Waals surface area contributed by atoms with E-state index >= 15 is 0 Å². The SMILES string of the molecule is CC(CCO)NC(=O)C(c1ccccc1)N1CCN(C)CC1. The molecule has 2 atom stereocenters. The van der Waals surface area contributed by atoms with Gasteiger partial charge in [0.15, 0.2) is 0 Å². The Morgan fingerprint density at radius 1 is 1.23 bits per heavy atom. The van der Waals surface area contributed by atoms with Gasteiger partial charge >= 0.3 is 0 Å². The molecule has 1 amide bonds. The first-order valence-corrected chi connectivity index (χ1v) is 8.00. The quantitative estimate of drug-likeness (QED) is 0.818. The molecule has 0 saturated carbocycles. The molecule has 122 valence electrons. The van der Waals surface area contributed by atoms with Crippen LogP contribution in [0.1, 0.15) is 24.9 Å². The van der Waals surface area contributed by atoms with E-state index in [-0.39, 0.29) is 24.6 Å². The average molecular weight is 305 g/mol. The first kappa shape index (κ1) is 16.9. The highest BCUT2D eigenvalue weighted by Crippen LogP contribution is 2.22. The number of piperazine rings is 1. The summed E-state index contributed by atoms with van der Waals surface area (Å²) < 4.78 is 0. The van der Waals surface area contributed by atoms with E-state index in [1.807, 2.05) is 37.3 Å². The van der Waals surface area contributed by atoms with Crippen LogP contribution in [0, 0.1) is 0 Å². The van der Waals surface area contributed by atoms with E-state index in [1.165, 1.54) is 0 Å². The standard InChI is InChI=1S/C17H27N3O2/c1-14(8-13-21)18-17(22)16(15-6-4-3-5-7-15)20-11-9-19(2)10-12-20/h3-7,14,16,21H,8-13H2,1-2H3,(H,18,22). The normalized spacial score (nSPS) is 19.6. The largest absolute Gasteiger partial charge is 0.396 e. The van der Waals surface area contributed by atoms with Crippen LogP contribution in [0.4, 0.5) is 0 Å². The lowest BCUT2D eigenvalue weighted by Gasteiger charge is -2.37. The molecule has 0 aromatic heterocycles. The highest BCUT2D eigenvalue weighted by molar-refractivity contribution is 5.83. The van der Waals surface area contributed by atoms with Crippen molar-refractivity contribution in [1.29, 1.82) is 0 Å². The summed E-state index contributed by atoms with van der Waals surface area (Å²) in [5, 5.41) is 12.0. The van der Waals surface area contributed by atoms with Gasteiger partial charge in [-0.05, 0) is 26.0 Å². The molecule has 2 unspecified atom stereocenters. The van der Waals surface area contributed by atoms with Crippen molar-refractivity contribution < 1.29 is 9.90 Å². The fourth-order valence-electron chi connectivity index (χ4n) is 2.83. The number of nitrogens with one attached hydrogen (secondary N) is 1. The second kappa shape index (κ2) is 8.27. The highest BCUT2D eigenvalue weighted by atomic mass is 16.3. The molecular formula is C17H27N3O2. The van der Waals surface area contributed by atoms with Crippen LogP contribution in [0.25, 0.3) is 0 Å². The predicted octanol–water partition coefficient (Wildman–Crippen LogP) is 0.862. The lowest BCUT2D eigenvalue weighted by Crippen LogP contribution is -2.51. The monoisotopic (exact) mass is 305 g/mol. The fourth-order valence-corrected chi connectivity index (χ4v) is 2.83. The van der Waals surface area contributed by atoms with Crippen molar-refractivity contribution in [2.45, 2.75) is 25.4 Å². The Balaban J connectivity index is 2.13. The number of amides is 1. The molecule has 1 saturated heterocycles. The van der Waals surface area contributed by atoms with Gasteiger partial charge in [0.1, 0.15) is 6.04 Å². The summed E-state index contributed by atoms with van der Waals surface area (Å²) in [4.78, 5) is 17.3. The minimum Gasteiger partial charge on any atom is -0.396 e. The summed E-state index contributed by atoms with van der Waals surface area (Å²) in [5.74, 6) is 0.0247. The Hall–Kier alpha value is -1.43. The number of benzene rings is 1. The maximum Gasteiger partial charge on any atom is 0.242 e. The van der Waals surface area contributed by atoms with Crippen LogP contribution in [-0.2, 0) is 4.79 Å². The van der Waals surface area contributed by atoms with Gasteiger partial charge in [0.05, 0.1) is 0 Å². The summed E-state index contributed by atoms with van der Waals surface area (Å²) in [6, 6.07) is 9.67. The smallest absolute Gasteiger partial charge is 0.242 e. The van der Waals surface area contributed by atoms with Gasteiger partial charge in [-0.25, -0.2) is 0 Å². The van der Waals surface area contributed by atoms with Gasteiger partial charge in [0.25, 0.3) is 0 Å².